The first-order chi connectivity index (χ1) is 14.3. The molecule has 3 aromatic carbocycles. The zero-order valence-electron chi connectivity index (χ0n) is 16.2. The van der Waals surface area contributed by atoms with E-state index >= 15 is 0 Å². The summed E-state index contributed by atoms with van der Waals surface area (Å²) in [6.07, 6.45) is 0. The van der Waals surface area contributed by atoms with Crippen LogP contribution in [0.2, 0.25) is 5.02 Å². The van der Waals surface area contributed by atoms with Gasteiger partial charge in [-0.2, -0.15) is 4.31 Å². The molecule has 0 bridgehead atoms. The first-order valence-electron chi connectivity index (χ1n) is 9.09. The van der Waals surface area contributed by atoms with Crippen molar-refractivity contribution in [2.45, 2.75) is 11.4 Å². The highest BCUT2D eigenvalue weighted by molar-refractivity contribution is 7.89. The van der Waals surface area contributed by atoms with E-state index in [0.717, 1.165) is 4.31 Å². The highest BCUT2D eigenvalue weighted by Gasteiger charge is 2.28. The first kappa shape index (κ1) is 22.0. The Bertz CT molecular complexity index is 1110. The second-order valence-electron chi connectivity index (χ2n) is 6.64. The molecular weight excluding hydrogens is 427 g/mol. The van der Waals surface area contributed by atoms with Gasteiger partial charge in [-0.05, 0) is 54.1 Å². The van der Waals surface area contributed by atoms with Crippen LogP contribution in [0.25, 0.3) is 0 Å². The normalized spacial score (nSPS) is 11.5. The van der Waals surface area contributed by atoms with E-state index in [9.17, 15) is 17.6 Å². The maximum atomic E-state index is 13.3. The van der Waals surface area contributed by atoms with E-state index in [1.165, 1.54) is 53.4 Å². The third-order valence-electron chi connectivity index (χ3n) is 4.55. The highest BCUT2D eigenvalue weighted by Crippen LogP contribution is 2.21. The van der Waals surface area contributed by atoms with Gasteiger partial charge in [-0.25, -0.2) is 12.8 Å². The quantitative estimate of drug-likeness (QED) is 0.542. The number of carbonyl (C=O) groups excluding carboxylic acids is 1. The fraction of sp³-hybridized carbons (Fsp3) is 0.136. The Morgan fingerprint density at radius 3 is 2.13 bits per heavy atom. The van der Waals surface area contributed by atoms with E-state index in [0.29, 0.717) is 16.3 Å². The van der Waals surface area contributed by atoms with Gasteiger partial charge in [0.2, 0.25) is 15.9 Å². The molecule has 0 spiro atoms. The van der Waals surface area contributed by atoms with Gasteiger partial charge in [0.05, 0.1) is 11.4 Å². The summed E-state index contributed by atoms with van der Waals surface area (Å²) < 4.78 is 40.8. The number of rotatable bonds is 7. The Hall–Kier alpha value is -2.74. The summed E-state index contributed by atoms with van der Waals surface area (Å²) in [4.78, 5) is 14.3. The Morgan fingerprint density at radius 2 is 1.53 bits per heavy atom. The molecule has 0 saturated heterocycles. The molecule has 156 valence electrons. The summed E-state index contributed by atoms with van der Waals surface area (Å²) in [5, 5.41) is 0.402. The summed E-state index contributed by atoms with van der Waals surface area (Å²) in [6.45, 7) is -0.465. The van der Waals surface area contributed by atoms with Crippen molar-refractivity contribution in [1.82, 2.24) is 4.31 Å². The van der Waals surface area contributed by atoms with E-state index in [4.69, 9.17) is 11.6 Å². The van der Waals surface area contributed by atoms with Crippen LogP contribution in [-0.2, 0) is 21.4 Å². The van der Waals surface area contributed by atoms with Crippen molar-refractivity contribution in [3.8, 4) is 0 Å². The molecule has 0 aliphatic rings. The van der Waals surface area contributed by atoms with E-state index in [-0.39, 0.29) is 18.0 Å². The van der Waals surface area contributed by atoms with Crippen molar-refractivity contribution in [2.75, 3.05) is 18.5 Å². The number of amides is 1. The van der Waals surface area contributed by atoms with Crippen molar-refractivity contribution in [2.24, 2.45) is 0 Å². The molecule has 0 heterocycles. The molecule has 30 heavy (non-hydrogen) atoms. The Balaban J connectivity index is 1.91. The van der Waals surface area contributed by atoms with Crippen molar-refractivity contribution in [1.29, 1.82) is 0 Å². The molecule has 0 saturated carbocycles. The predicted molar refractivity (Wildman–Crippen MR) is 115 cm³/mol. The SMILES string of the molecule is CN(C(=O)CN(Cc1ccc(F)cc1)S(=O)(=O)c1ccc(Cl)cc1)c1ccccc1. The molecule has 0 radical (unpaired) electrons. The topological polar surface area (TPSA) is 57.7 Å². The summed E-state index contributed by atoms with van der Waals surface area (Å²) in [5.74, 6) is -0.827. The Kier molecular flexibility index (Phi) is 6.87. The average Bonchev–Trinajstić information content (AvgIpc) is 2.75. The minimum atomic E-state index is -4.00. The van der Waals surface area contributed by atoms with Gasteiger partial charge in [0.25, 0.3) is 0 Å². The molecule has 0 atom stereocenters. The van der Waals surface area contributed by atoms with Gasteiger partial charge in [0.1, 0.15) is 5.82 Å². The lowest BCUT2D eigenvalue weighted by molar-refractivity contribution is -0.118. The number of para-hydroxylation sites is 1. The van der Waals surface area contributed by atoms with Crippen LogP contribution in [-0.4, -0.2) is 32.2 Å². The molecule has 0 unspecified atom stereocenters. The van der Waals surface area contributed by atoms with Crippen LogP contribution in [0.5, 0.6) is 0 Å². The molecule has 0 fully saturated rings. The van der Waals surface area contributed by atoms with Gasteiger partial charge < -0.3 is 4.90 Å². The van der Waals surface area contributed by atoms with Crippen molar-refractivity contribution >= 4 is 33.2 Å². The number of likely N-dealkylation sites (N-methyl/N-ethyl adjacent to an activating group) is 1. The summed E-state index contributed by atoms with van der Waals surface area (Å²) in [5.41, 5.74) is 1.21. The second-order valence-corrected chi connectivity index (χ2v) is 9.02. The van der Waals surface area contributed by atoms with Crippen LogP contribution in [0.1, 0.15) is 5.56 Å². The molecule has 5 nitrogen and oxygen atoms in total. The van der Waals surface area contributed by atoms with Crippen molar-refractivity contribution < 1.29 is 17.6 Å². The van der Waals surface area contributed by atoms with Crippen LogP contribution < -0.4 is 4.90 Å². The number of anilines is 1. The fourth-order valence-electron chi connectivity index (χ4n) is 2.83. The number of hydrogen-bond acceptors (Lipinski definition) is 3. The summed E-state index contributed by atoms with van der Waals surface area (Å²) >= 11 is 5.87. The third-order valence-corrected chi connectivity index (χ3v) is 6.61. The molecule has 1 amide bonds. The standard InChI is InChI=1S/C22H20ClFN2O3S/c1-25(20-5-3-2-4-6-20)22(27)16-26(15-17-7-11-19(24)12-8-17)30(28,29)21-13-9-18(23)10-14-21/h2-14H,15-16H2,1H3. The number of benzene rings is 3. The van der Waals surface area contributed by atoms with Crippen LogP contribution in [0.15, 0.2) is 83.8 Å². The number of halogens is 2. The lowest BCUT2D eigenvalue weighted by Crippen LogP contribution is -2.41. The van der Waals surface area contributed by atoms with E-state index in [1.807, 2.05) is 6.07 Å². The highest BCUT2D eigenvalue weighted by atomic mass is 35.5. The van der Waals surface area contributed by atoms with Crippen LogP contribution in [0.4, 0.5) is 10.1 Å². The lowest BCUT2D eigenvalue weighted by Gasteiger charge is -2.25. The molecule has 8 heteroatoms. The zero-order valence-corrected chi connectivity index (χ0v) is 17.8. The largest absolute Gasteiger partial charge is 0.314 e. The summed E-state index contributed by atoms with van der Waals surface area (Å²) in [6, 6.07) is 20.1. The molecule has 0 aliphatic carbocycles. The average molecular weight is 447 g/mol. The molecule has 3 aromatic rings. The molecule has 0 aliphatic heterocycles. The molecule has 3 rings (SSSR count). The molecule has 0 N–H and O–H groups in total. The summed E-state index contributed by atoms with van der Waals surface area (Å²) in [7, 11) is -2.42. The third kappa shape index (κ3) is 5.24. The van der Waals surface area contributed by atoms with Crippen LogP contribution in [0.3, 0.4) is 0 Å². The number of nitrogens with zero attached hydrogens (tertiary/aromatic N) is 2. The van der Waals surface area contributed by atoms with Crippen LogP contribution in [0, 0.1) is 5.82 Å². The zero-order chi connectivity index (χ0) is 21.7. The van der Waals surface area contributed by atoms with Crippen molar-refractivity contribution in [3.63, 3.8) is 0 Å². The minimum absolute atomic E-state index is 0.0178. The fourth-order valence-corrected chi connectivity index (χ4v) is 4.33. The second kappa shape index (κ2) is 9.38. The predicted octanol–water partition coefficient (Wildman–Crippen LogP) is 4.33. The van der Waals surface area contributed by atoms with E-state index < -0.39 is 21.7 Å². The van der Waals surface area contributed by atoms with Crippen LogP contribution >= 0.6 is 11.6 Å². The maximum absolute atomic E-state index is 13.3. The van der Waals surface area contributed by atoms with Gasteiger partial charge in [-0.1, -0.05) is 41.9 Å². The van der Waals surface area contributed by atoms with Gasteiger partial charge in [0.15, 0.2) is 0 Å². The minimum Gasteiger partial charge on any atom is -0.314 e. The molecule has 0 aromatic heterocycles. The monoisotopic (exact) mass is 446 g/mol. The Labute approximate surface area is 180 Å². The van der Waals surface area contributed by atoms with Gasteiger partial charge >= 0.3 is 0 Å². The smallest absolute Gasteiger partial charge is 0.243 e. The van der Waals surface area contributed by atoms with E-state index in [2.05, 4.69) is 0 Å². The first-order valence-corrected chi connectivity index (χ1v) is 10.9. The van der Waals surface area contributed by atoms with E-state index in [1.54, 1.807) is 31.3 Å². The van der Waals surface area contributed by atoms with Gasteiger partial charge in [-0.3, -0.25) is 4.79 Å². The van der Waals surface area contributed by atoms with Crippen molar-refractivity contribution in [3.05, 3.63) is 95.3 Å². The number of carbonyl (C=O) groups is 1. The maximum Gasteiger partial charge on any atom is 0.243 e. The molecular formula is C22H20ClFN2O3S. The van der Waals surface area contributed by atoms with Gasteiger partial charge in [0, 0.05) is 24.3 Å². The van der Waals surface area contributed by atoms with Gasteiger partial charge in [-0.15, -0.1) is 0 Å². The number of hydrogen-bond donors (Lipinski definition) is 0. The lowest BCUT2D eigenvalue weighted by atomic mass is 10.2. The Morgan fingerprint density at radius 1 is 0.933 bits per heavy atom. The number of sulfonamides is 1.